The van der Waals surface area contributed by atoms with Gasteiger partial charge in [-0.3, -0.25) is 4.79 Å². The fourth-order valence-electron chi connectivity index (χ4n) is 2.37. The molecule has 0 aromatic carbocycles. The minimum absolute atomic E-state index is 0.242. The number of nitrogens with one attached hydrogen (secondary N) is 3. The largest absolute Gasteiger partial charge is 0.459 e. The van der Waals surface area contributed by atoms with E-state index in [-0.39, 0.29) is 17.7 Å². The highest BCUT2D eigenvalue weighted by Crippen LogP contribution is 2.04. The normalized spacial score (nSPS) is 10.5. The van der Waals surface area contributed by atoms with Crippen molar-refractivity contribution in [1.82, 2.24) is 16.0 Å². The lowest BCUT2D eigenvalue weighted by Gasteiger charge is -2.08. The highest BCUT2D eigenvalue weighted by atomic mass is 16.5. The summed E-state index contributed by atoms with van der Waals surface area (Å²) in [7, 11) is 0. The number of amides is 3. The van der Waals surface area contributed by atoms with E-state index in [2.05, 4.69) is 22.9 Å². The molecule has 148 valence electrons. The smallest absolute Gasteiger partial charge is 0.314 e. The zero-order valence-electron chi connectivity index (χ0n) is 15.9. The highest BCUT2D eigenvalue weighted by Gasteiger charge is 2.07. The Morgan fingerprint density at radius 1 is 0.923 bits per heavy atom. The van der Waals surface area contributed by atoms with Crippen molar-refractivity contribution in [2.24, 2.45) is 0 Å². The summed E-state index contributed by atoms with van der Waals surface area (Å²) in [6, 6.07) is 3.00. The SMILES string of the molecule is CCCCCCCCOCCCNC(=O)NCCNC(=O)c1ccco1. The average Bonchev–Trinajstić information content (AvgIpc) is 3.18. The number of urea groups is 1. The Bertz CT molecular complexity index is 477. The van der Waals surface area contributed by atoms with Crippen LogP contribution in [0.5, 0.6) is 0 Å². The van der Waals surface area contributed by atoms with Gasteiger partial charge in [0.05, 0.1) is 6.26 Å². The van der Waals surface area contributed by atoms with Crippen molar-refractivity contribution in [1.29, 1.82) is 0 Å². The minimum Gasteiger partial charge on any atom is -0.459 e. The summed E-state index contributed by atoms with van der Waals surface area (Å²) in [6.45, 7) is 4.95. The fraction of sp³-hybridized carbons (Fsp3) is 0.684. The van der Waals surface area contributed by atoms with E-state index in [1.54, 1.807) is 12.1 Å². The molecule has 7 nitrogen and oxygen atoms in total. The number of hydrogen-bond donors (Lipinski definition) is 3. The number of furan rings is 1. The first kappa shape index (κ1) is 22.0. The van der Waals surface area contributed by atoms with Crippen LogP contribution in [0.2, 0.25) is 0 Å². The van der Waals surface area contributed by atoms with Gasteiger partial charge < -0.3 is 25.1 Å². The number of hydrogen-bond acceptors (Lipinski definition) is 4. The standard InChI is InChI=1S/C19H33N3O4/c1-2-3-4-5-6-7-14-25-15-9-11-21-19(24)22-13-12-20-18(23)17-10-8-16-26-17/h8,10,16H,2-7,9,11-15H2,1H3,(H,20,23)(H2,21,22,24). The van der Waals surface area contributed by atoms with Gasteiger partial charge in [-0.15, -0.1) is 0 Å². The molecule has 0 aliphatic heterocycles. The molecule has 3 N–H and O–H groups in total. The van der Waals surface area contributed by atoms with Crippen LogP contribution in [0.3, 0.4) is 0 Å². The molecule has 1 aromatic heterocycles. The van der Waals surface area contributed by atoms with E-state index < -0.39 is 0 Å². The molecular weight excluding hydrogens is 334 g/mol. The van der Waals surface area contributed by atoms with Gasteiger partial charge in [-0.1, -0.05) is 39.0 Å². The zero-order valence-corrected chi connectivity index (χ0v) is 15.9. The van der Waals surface area contributed by atoms with Crippen LogP contribution < -0.4 is 16.0 Å². The molecule has 0 saturated heterocycles. The van der Waals surface area contributed by atoms with Crippen LogP contribution in [0.4, 0.5) is 4.79 Å². The molecule has 0 atom stereocenters. The maximum absolute atomic E-state index is 11.6. The van der Waals surface area contributed by atoms with Crippen molar-refractivity contribution < 1.29 is 18.7 Å². The lowest BCUT2D eigenvalue weighted by Crippen LogP contribution is -2.40. The Morgan fingerprint density at radius 2 is 1.62 bits per heavy atom. The summed E-state index contributed by atoms with van der Waals surface area (Å²) in [6.07, 6.45) is 9.79. The number of carbonyl (C=O) groups excluding carboxylic acids is 2. The monoisotopic (exact) mass is 367 g/mol. The van der Waals surface area contributed by atoms with E-state index in [0.29, 0.717) is 26.2 Å². The Kier molecular flexibility index (Phi) is 12.9. The quantitative estimate of drug-likeness (QED) is 0.415. The first-order chi connectivity index (χ1) is 12.7. The molecule has 1 heterocycles. The number of rotatable bonds is 15. The van der Waals surface area contributed by atoms with Crippen LogP contribution in [0.25, 0.3) is 0 Å². The highest BCUT2D eigenvalue weighted by molar-refractivity contribution is 5.91. The zero-order chi connectivity index (χ0) is 18.9. The van der Waals surface area contributed by atoms with Gasteiger partial charge in [-0.05, 0) is 25.0 Å². The van der Waals surface area contributed by atoms with Gasteiger partial charge in [0.15, 0.2) is 5.76 Å². The van der Waals surface area contributed by atoms with E-state index in [4.69, 9.17) is 9.15 Å². The fourth-order valence-corrected chi connectivity index (χ4v) is 2.37. The van der Waals surface area contributed by atoms with Gasteiger partial charge in [0.2, 0.25) is 0 Å². The van der Waals surface area contributed by atoms with E-state index in [1.807, 2.05) is 0 Å². The van der Waals surface area contributed by atoms with Crippen LogP contribution in [0, 0.1) is 0 Å². The molecule has 26 heavy (non-hydrogen) atoms. The second-order valence-corrected chi connectivity index (χ2v) is 6.15. The molecule has 0 aliphatic carbocycles. The lowest BCUT2D eigenvalue weighted by atomic mass is 10.1. The molecule has 0 aliphatic rings. The minimum atomic E-state index is -0.292. The summed E-state index contributed by atoms with van der Waals surface area (Å²) in [5, 5.41) is 8.10. The van der Waals surface area contributed by atoms with Gasteiger partial charge in [-0.2, -0.15) is 0 Å². The van der Waals surface area contributed by atoms with Crippen molar-refractivity contribution in [3.8, 4) is 0 Å². The van der Waals surface area contributed by atoms with Gasteiger partial charge in [0.25, 0.3) is 5.91 Å². The number of unbranched alkanes of at least 4 members (excludes halogenated alkanes) is 5. The molecular formula is C19H33N3O4. The third-order valence-corrected chi connectivity index (χ3v) is 3.83. The Balaban J connectivity index is 1.83. The third-order valence-electron chi connectivity index (χ3n) is 3.83. The van der Waals surface area contributed by atoms with Gasteiger partial charge in [-0.25, -0.2) is 4.79 Å². The van der Waals surface area contributed by atoms with Crippen molar-refractivity contribution in [2.45, 2.75) is 51.9 Å². The molecule has 0 saturated carbocycles. The van der Waals surface area contributed by atoms with Crippen molar-refractivity contribution in [2.75, 3.05) is 32.8 Å². The summed E-state index contributed by atoms with van der Waals surface area (Å²) in [5.41, 5.74) is 0. The predicted octanol–water partition coefficient (Wildman–Crippen LogP) is 3.08. The van der Waals surface area contributed by atoms with Crippen LogP contribution in [0.15, 0.2) is 22.8 Å². The molecule has 3 amide bonds. The van der Waals surface area contributed by atoms with Crippen molar-refractivity contribution >= 4 is 11.9 Å². The summed E-state index contributed by atoms with van der Waals surface area (Å²) < 4.78 is 10.5. The van der Waals surface area contributed by atoms with Crippen molar-refractivity contribution in [3.63, 3.8) is 0 Å². The summed E-state index contributed by atoms with van der Waals surface area (Å²) in [4.78, 5) is 23.2. The molecule has 1 rings (SSSR count). The van der Waals surface area contributed by atoms with Crippen LogP contribution in [0.1, 0.15) is 62.4 Å². The number of ether oxygens (including phenoxy) is 1. The van der Waals surface area contributed by atoms with Crippen LogP contribution >= 0.6 is 0 Å². The van der Waals surface area contributed by atoms with Crippen LogP contribution in [-0.2, 0) is 4.74 Å². The van der Waals surface area contributed by atoms with Gasteiger partial charge >= 0.3 is 6.03 Å². The average molecular weight is 367 g/mol. The molecule has 0 bridgehead atoms. The van der Waals surface area contributed by atoms with Gasteiger partial charge in [0, 0.05) is 32.8 Å². The second kappa shape index (κ2) is 15.3. The summed E-state index contributed by atoms with van der Waals surface area (Å²) >= 11 is 0. The van der Waals surface area contributed by atoms with E-state index in [1.165, 1.54) is 38.4 Å². The molecule has 1 aromatic rings. The third kappa shape index (κ3) is 11.5. The first-order valence-corrected chi connectivity index (χ1v) is 9.65. The van der Waals surface area contributed by atoms with Crippen LogP contribution in [-0.4, -0.2) is 44.8 Å². The summed E-state index contributed by atoms with van der Waals surface area (Å²) in [5.74, 6) is -0.0323. The van der Waals surface area contributed by atoms with E-state index in [9.17, 15) is 9.59 Å². The molecule has 0 radical (unpaired) electrons. The Morgan fingerprint density at radius 3 is 2.38 bits per heavy atom. The predicted molar refractivity (Wildman–Crippen MR) is 101 cm³/mol. The van der Waals surface area contributed by atoms with Crippen molar-refractivity contribution in [3.05, 3.63) is 24.2 Å². The second-order valence-electron chi connectivity index (χ2n) is 6.15. The molecule has 7 heteroatoms. The van der Waals surface area contributed by atoms with E-state index >= 15 is 0 Å². The molecule has 0 spiro atoms. The number of carbonyl (C=O) groups is 2. The van der Waals surface area contributed by atoms with E-state index in [0.717, 1.165) is 19.4 Å². The molecule has 0 unspecified atom stereocenters. The lowest BCUT2D eigenvalue weighted by molar-refractivity contribution is 0.0926. The Hall–Kier alpha value is -2.02. The first-order valence-electron chi connectivity index (χ1n) is 9.65. The topological polar surface area (TPSA) is 92.6 Å². The molecule has 0 fully saturated rings. The Labute approximate surface area is 156 Å². The maximum atomic E-state index is 11.6. The maximum Gasteiger partial charge on any atom is 0.314 e. The van der Waals surface area contributed by atoms with Gasteiger partial charge in [0.1, 0.15) is 0 Å².